The minimum absolute atomic E-state index is 0.211. The summed E-state index contributed by atoms with van der Waals surface area (Å²) >= 11 is 5.99. The number of ether oxygens (including phenoxy) is 1. The molecule has 0 bridgehead atoms. The first-order chi connectivity index (χ1) is 14.8. The zero-order valence-electron chi connectivity index (χ0n) is 17.3. The molecular weight excluding hydrogens is 420 g/mol. The van der Waals surface area contributed by atoms with Crippen LogP contribution in [0.1, 0.15) is 32.8 Å². The quantitative estimate of drug-likeness (QED) is 0.451. The molecule has 1 atom stereocenters. The molecule has 0 fully saturated rings. The van der Waals surface area contributed by atoms with Crippen molar-refractivity contribution in [1.82, 2.24) is 19.7 Å². The Morgan fingerprint density at radius 2 is 1.97 bits per heavy atom. The molecule has 0 aliphatic heterocycles. The van der Waals surface area contributed by atoms with Crippen LogP contribution in [0, 0.1) is 5.92 Å². The van der Waals surface area contributed by atoms with E-state index >= 15 is 0 Å². The summed E-state index contributed by atoms with van der Waals surface area (Å²) in [7, 11) is 0. The molecule has 4 aromatic rings. The van der Waals surface area contributed by atoms with Crippen molar-refractivity contribution in [3.8, 4) is 17.1 Å². The van der Waals surface area contributed by atoms with Gasteiger partial charge in [0.15, 0.2) is 6.10 Å². The van der Waals surface area contributed by atoms with Crippen LogP contribution in [-0.4, -0.2) is 19.7 Å². The molecule has 2 heterocycles. The smallest absolute Gasteiger partial charge is 0.316 e. The molecule has 8 nitrogen and oxygen atoms in total. The molecule has 31 heavy (non-hydrogen) atoms. The summed E-state index contributed by atoms with van der Waals surface area (Å²) in [6.45, 7) is 6.21. The second kappa shape index (κ2) is 8.39. The normalized spacial score (nSPS) is 12.4. The predicted octanol–water partition coefficient (Wildman–Crippen LogP) is 4.19. The zero-order valence-corrected chi connectivity index (χ0v) is 18.0. The van der Waals surface area contributed by atoms with Crippen molar-refractivity contribution in [3.05, 3.63) is 74.1 Å². The molecule has 0 saturated carbocycles. The van der Waals surface area contributed by atoms with Crippen molar-refractivity contribution >= 4 is 22.6 Å². The maximum atomic E-state index is 12.3. The van der Waals surface area contributed by atoms with E-state index < -0.39 is 17.2 Å². The fourth-order valence-corrected chi connectivity index (χ4v) is 3.46. The molecule has 0 aliphatic rings. The van der Waals surface area contributed by atoms with Gasteiger partial charge in [0, 0.05) is 17.1 Å². The van der Waals surface area contributed by atoms with Crippen LogP contribution >= 0.6 is 11.6 Å². The zero-order chi connectivity index (χ0) is 22.1. The van der Waals surface area contributed by atoms with E-state index in [1.54, 1.807) is 49.4 Å². The second-order valence-corrected chi connectivity index (χ2v) is 8.11. The van der Waals surface area contributed by atoms with E-state index in [1.807, 2.05) is 13.8 Å². The van der Waals surface area contributed by atoms with Gasteiger partial charge in [-0.1, -0.05) is 36.7 Å². The number of hydrogen-bond acceptors (Lipinski definition) is 6. The number of halogens is 1. The Morgan fingerprint density at radius 1 is 1.16 bits per heavy atom. The maximum absolute atomic E-state index is 12.3. The fourth-order valence-electron chi connectivity index (χ4n) is 3.28. The number of hydrogen-bond donors (Lipinski definition) is 1. The van der Waals surface area contributed by atoms with Gasteiger partial charge in [0.2, 0.25) is 5.82 Å². The monoisotopic (exact) mass is 440 g/mol. The third kappa shape index (κ3) is 4.39. The maximum Gasteiger partial charge on any atom is 0.316 e. The molecule has 4 rings (SSSR count). The largest absolute Gasteiger partial charge is 0.481 e. The van der Waals surface area contributed by atoms with E-state index in [2.05, 4.69) is 15.1 Å². The average molecular weight is 441 g/mol. The van der Waals surface area contributed by atoms with Crippen LogP contribution in [0.3, 0.4) is 0 Å². The lowest BCUT2D eigenvalue weighted by molar-refractivity contribution is 0.176. The standard InChI is InChI=1S/C22H21ClN4O4/c1-12(2)11-27-18-8-7-14(9-17(18)24-20(28)22(27)29)19-25-21(31-26-19)13(3)30-16-6-4-5-15(23)10-16/h4-10,12-13H,11H2,1-3H3,(H,24,28)/t13-/m0/s1. The van der Waals surface area contributed by atoms with E-state index in [0.29, 0.717) is 45.6 Å². The Labute approximate surface area is 182 Å². The Morgan fingerprint density at radius 3 is 2.71 bits per heavy atom. The van der Waals surface area contributed by atoms with Gasteiger partial charge in [0.25, 0.3) is 5.89 Å². The molecule has 1 N–H and O–H groups in total. The molecule has 0 saturated heterocycles. The van der Waals surface area contributed by atoms with Gasteiger partial charge < -0.3 is 18.8 Å². The molecule has 0 unspecified atom stereocenters. The Balaban J connectivity index is 1.65. The molecular formula is C22H21ClN4O4. The molecule has 2 aromatic carbocycles. The van der Waals surface area contributed by atoms with Crippen LogP contribution in [-0.2, 0) is 6.54 Å². The minimum atomic E-state index is -0.664. The first-order valence-corrected chi connectivity index (χ1v) is 10.2. The van der Waals surface area contributed by atoms with Crippen molar-refractivity contribution in [2.45, 2.75) is 33.4 Å². The highest BCUT2D eigenvalue weighted by Gasteiger charge is 2.18. The van der Waals surface area contributed by atoms with Crippen molar-refractivity contribution in [2.75, 3.05) is 0 Å². The first kappa shape index (κ1) is 20.9. The summed E-state index contributed by atoms with van der Waals surface area (Å²) in [5.74, 6) is 1.45. The van der Waals surface area contributed by atoms with Crippen molar-refractivity contribution in [1.29, 1.82) is 0 Å². The number of fused-ring (bicyclic) bond motifs is 1. The SMILES string of the molecule is CC(C)Cn1c(=O)c(=O)[nH]c2cc(-c3noc([C@H](C)Oc4cccc(Cl)c4)n3)ccc21. The number of H-pyrrole nitrogens is 1. The summed E-state index contributed by atoms with van der Waals surface area (Å²) in [6.07, 6.45) is -0.490. The van der Waals surface area contributed by atoms with Gasteiger partial charge in [-0.2, -0.15) is 4.98 Å². The van der Waals surface area contributed by atoms with Crippen LogP contribution in [0.2, 0.25) is 5.02 Å². The predicted molar refractivity (Wildman–Crippen MR) is 117 cm³/mol. The molecule has 2 aromatic heterocycles. The van der Waals surface area contributed by atoms with E-state index in [1.165, 1.54) is 4.57 Å². The summed E-state index contributed by atoms with van der Waals surface area (Å²) < 4.78 is 12.7. The van der Waals surface area contributed by atoms with Gasteiger partial charge in [-0.05, 0) is 49.2 Å². The number of nitrogens with zero attached hydrogens (tertiary/aromatic N) is 3. The van der Waals surface area contributed by atoms with Gasteiger partial charge in [0.05, 0.1) is 11.0 Å². The number of aromatic amines is 1. The van der Waals surface area contributed by atoms with Crippen LogP contribution in [0.25, 0.3) is 22.4 Å². The van der Waals surface area contributed by atoms with Crippen molar-refractivity contribution in [2.24, 2.45) is 5.92 Å². The summed E-state index contributed by atoms with van der Waals surface area (Å²) in [5.41, 5.74) is 0.578. The van der Waals surface area contributed by atoms with Crippen molar-refractivity contribution in [3.63, 3.8) is 0 Å². The lowest BCUT2D eigenvalue weighted by Crippen LogP contribution is -2.37. The van der Waals surface area contributed by atoms with Crippen LogP contribution in [0.4, 0.5) is 0 Å². The topological polar surface area (TPSA) is 103 Å². The lowest BCUT2D eigenvalue weighted by Gasteiger charge is -2.12. The minimum Gasteiger partial charge on any atom is -0.481 e. The Hall–Kier alpha value is -3.39. The number of nitrogens with one attached hydrogen (secondary N) is 1. The third-order valence-electron chi connectivity index (χ3n) is 4.68. The molecule has 0 aliphatic carbocycles. The molecule has 0 amide bonds. The van der Waals surface area contributed by atoms with Crippen LogP contribution in [0.5, 0.6) is 5.75 Å². The average Bonchev–Trinajstić information content (AvgIpc) is 3.21. The van der Waals surface area contributed by atoms with E-state index in [0.717, 1.165) is 0 Å². The van der Waals surface area contributed by atoms with E-state index in [9.17, 15) is 9.59 Å². The van der Waals surface area contributed by atoms with E-state index in [4.69, 9.17) is 20.9 Å². The highest BCUT2D eigenvalue weighted by Crippen LogP contribution is 2.26. The fraction of sp³-hybridized carbons (Fsp3) is 0.273. The Kier molecular flexibility index (Phi) is 5.65. The Bertz CT molecular complexity index is 1360. The van der Waals surface area contributed by atoms with E-state index in [-0.39, 0.29) is 5.92 Å². The number of benzene rings is 2. The van der Waals surface area contributed by atoms with Gasteiger partial charge in [-0.25, -0.2) is 0 Å². The summed E-state index contributed by atoms with van der Waals surface area (Å²) in [4.78, 5) is 31.4. The highest BCUT2D eigenvalue weighted by molar-refractivity contribution is 6.30. The molecule has 160 valence electrons. The van der Waals surface area contributed by atoms with Gasteiger partial charge in [-0.15, -0.1) is 0 Å². The second-order valence-electron chi connectivity index (χ2n) is 7.67. The summed E-state index contributed by atoms with van der Waals surface area (Å²) in [5, 5.41) is 4.60. The number of aromatic nitrogens is 4. The van der Waals surface area contributed by atoms with Crippen LogP contribution < -0.4 is 15.9 Å². The molecule has 0 spiro atoms. The molecule has 0 radical (unpaired) electrons. The highest BCUT2D eigenvalue weighted by atomic mass is 35.5. The van der Waals surface area contributed by atoms with Gasteiger partial charge in [-0.3, -0.25) is 9.59 Å². The number of rotatable bonds is 6. The van der Waals surface area contributed by atoms with Gasteiger partial charge >= 0.3 is 11.1 Å². The van der Waals surface area contributed by atoms with Gasteiger partial charge in [0.1, 0.15) is 5.75 Å². The molecule has 9 heteroatoms. The lowest BCUT2D eigenvalue weighted by atomic mass is 10.1. The van der Waals surface area contributed by atoms with Crippen LogP contribution in [0.15, 0.2) is 56.6 Å². The third-order valence-corrected chi connectivity index (χ3v) is 4.91. The van der Waals surface area contributed by atoms with Crippen molar-refractivity contribution < 1.29 is 9.26 Å². The summed E-state index contributed by atoms with van der Waals surface area (Å²) in [6, 6.07) is 12.3. The first-order valence-electron chi connectivity index (χ1n) is 9.85.